The number of ketones is 2. The molecule has 2 amide bonds. The molecule has 0 bridgehead atoms. The van der Waals surface area contributed by atoms with Crippen LogP contribution in [0.1, 0.15) is 59.3 Å². The van der Waals surface area contributed by atoms with E-state index in [0.717, 1.165) is 25.7 Å². The first-order valence-electron chi connectivity index (χ1n) is 9.28. The maximum absolute atomic E-state index is 12.5. The van der Waals surface area contributed by atoms with E-state index in [2.05, 4.69) is 0 Å². The van der Waals surface area contributed by atoms with Crippen LogP contribution in [-0.2, 0) is 19.2 Å². The van der Waals surface area contributed by atoms with E-state index in [-0.39, 0.29) is 46.9 Å². The van der Waals surface area contributed by atoms with Crippen LogP contribution in [0.3, 0.4) is 0 Å². The summed E-state index contributed by atoms with van der Waals surface area (Å²) in [6.45, 7) is 5.88. The molecule has 2 aliphatic rings. The van der Waals surface area contributed by atoms with Crippen molar-refractivity contribution < 1.29 is 19.2 Å². The molecule has 2 rings (SSSR count). The van der Waals surface area contributed by atoms with Crippen LogP contribution in [0.25, 0.3) is 0 Å². The van der Waals surface area contributed by atoms with Gasteiger partial charge in [0.05, 0.1) is 5.25 Å². The van der Waals surface area contributed by atoms with Gasteiger partial charge in [-0.3, -0.25) is 24.1 Å². The lowest BCUT2D eigenvalue weighted by atomic mass is 9.80. The van der Waals surface area contributed by atoms with Crippen molar-refractivity contribution in [1.29, 1.82) is 0 Å². The van der Waals surface area contributed by atoms with Gasteiger partial charge in [0, 0.05) is 37.0 Å². The summed E-state index contributed by atoms with van der Waals surface area (Å²) in [5.41, 5.74) is 0. The summed E-state index contributed by atoms with van der Waals surface area (Å²) in [5.74, 6) is 1.34. The minimum atomic E-state index is -0.332. The van der Waals surface area contributed by atoms with E-state index in [1.54, 1.807) is 6.92 Å². The zero-order valence-electron chi connectivity index (χ0n) is 15.5. The number of thioether (sulfide) groups is 1. The first kappa shape index (κ1) is 20.1. The number of carbonyl (C=O) groups is 4. The van der Waals surface area contributed by atoms with E-state index < -0.39 is 0 Å². The summed E-state index contributed by atoms with van der Waals surface area (Å²) in [6.07, 6.45) is 4.25. The third kappa shape index (κ3) is 5.40. The zero-order valence-corrected chi connectivity index (χ0v) is 16.3. The van der Waals surface area contributed by atoms with Gasteiger partial charge < -0.3 is 0 Å². The quantitative estimate of drug-likeness (QED) is 0.617. The summed E-state index contributed by atoms with van der Waals surface area (Å²) < 4.78 is 0. The molecule has 5 nitrogen and oxygen atoms in total. The molecule has 0 aromatic carbocycles. The van der Waals surface area contributed by atoms with Crippen molar-refractivity contribution in [2.24, 2.45) is 17.8 Å². The Morgan fingerprint density at radius 1 is 1.16 bits per heavy atom. The molecule has 1 aliphatic carbocycles. The van der Waals surface area contributed by atoms with Gasteiger partial charge in [0.15, 0.2) is 0 Å². The first-order valence-corrected chi connectivity index (χ1v) is 10.3. The fourth-order valence-corrected chi connectivity index (χ4v) is 4.71. The van der Waals surface area contributed by atoms with E-state index in [9.17, 15) is 19.2 Å². The molecule has 0 aromatic heterocycles. The topological polar surface area (TPSA) is 71.5 Å². The molecule has 2 fully saturated rings. The normalized spacial score (nSPS) is 27.2. The molecule has 0 N–H and O–H groups in total. The minimum Gasteiger partial charge on any atom is -0.300 e. The van der Waals surface area contributed by atoms with Crippen molar-refractivity contribution in [2.45, 2.75) is 64.5 Å². The summed E-state index contributed by atoms with van der Waals surface area (Å²) in [7, 11) is 0. The SMILES string of the molecule is CC(=O)C1CCC(CN2C(=O)CC(SCCC(=O)C(C)C)C2=O)CC1. The predicted octanol–water partition coefficient (Wildman–Crippen LogP) is 2.86. The van der Waals surface area contributed by atoms with Crippen LogP contribution in [0.5, 0.6) is 0 Å². The molecule has 6 heteroatoms. The molecule has 0 radical (unpaired) electrons. The number of likely N-dealkylation sites (tertiary alicyclic amines) is 1. The van der Waals surface area contributed by atoms with Crippen LogP contribution < -0.4 is 0 Å². The summed E-state index contributed by atoms with van der Waals surface area (Å²) in [5, 5.41) is -0.332. The van der Waals surface area contributed by atoms with Gasteiger partial charge in [-0.05, 0) is 38.5 Å². The van der Waals surface area contributed by atoms with Crippen molar-refractivity contribution in [2.75, 3.05) is 12.3 Å². The van der Waals surface area contributed by atoms with Gasteiger partial charge in [0.2, 0.25) is 11.8 Å². The van der Waals surface area contributed by atoms with Crippen LogP contribution in [-0.4, -0.2) is 45.8 Å². The number of hydrogen-bond acceptors (Lipinski definition) is 5. The fourth-order valence-electron chi connectivity index (χ4n) is 3.58. The van der Waals surface area contributed by atoms with E-state index in [1.165, 1.54) is 16.7 Å². The van der Waals surface area contributed by atoms with Crippen LogP contribution in [0.4, 0.5) is 0 Å². The van der Waals surface area contributed by atoms with Crippen LogP contribution >= 0.6 is 11.8 Å². The Kier molecular flexibility index (Phi) is 7.23. The van der Waals surface area contributed by atoms with Crippen molar-refractivity contribution in [3.63, 3.8) is 0 Å². The monoisotopic (exact) mass is 367 g/mol. The lowest BCUT2D eigenvalue weighted by Crippen LogP contribution is -2.37. The van der Waals surface area contributed by atoms with Gasteiger partial charge in [0.1, 0.15) is 11.6 Å². The zero-order chi connectivity index (χ0) is 18.6. The standard InChI is InChI=1S/C19H29NO4S/c1-12(2)16(22)8-9-25-17-10-18(23)20(19(17)24)11-14-4-6-15(7-5-14)13(3)21/h12,14-15,17H,4-11H2,1-3H3. The molecule has 1 saturated heterocycles. The second-order valence-corrected chi connectivity index (χ2v) is 8.92. The number of hydrogen-bond donors (Lipinski definition) is 0. The second-order valence-electron chi connectivity index (χ2n) is 7.61. The molecule has 1 saturated carbocycles. The van der Waals surface area contributed by atoms with E-state index in [1.807, 2.05) is 13.8 Å². The van der Waals surface area contributed by atoms with Crippen LogP contribution in [0.2, 0.25) is 0 Å². The Morgan fingerprint density at radius 2 is 1.80 bits per heavy atom. The van der Waals surface area contributed by atoms with E-state index >= 15 is 0 Å². The van der Waals surface area contributed by atoms with Gasteiger partial charge in [-0.15, -0.1) is 11.8 Å². The molecule has 1 unspecified atom stereocenters. The lowest BCUT2D eigenvalue weighted by Gasteiger charge is -2.29. The largest absolute Gasteiger partial charge is 0.300 e. The maximum Gasteiger partial charge on any atom is 0.242 e. The van der Waals surface area contributed by atoms with Gasteiger partial charge in [-0.2, -0.15) is 0 Å². The van der Waals surface area contributed by atoms with Crippen molar-refractivity contribution in [1.82, 2.24) is 4.90 Å². The Labute approximate surface area is 154 Å². The highest BCUT2D eigenvalue weighted by molar-refractivity contribution is 8.00. The summed E-state index contributed by atoms with van der Waals surface area (Å²) in [4.78, 5) is 49.3. The average molecular weight is 368 g/mol. The van der Waals surface area contributed by atoms with Crippen molar-refractivity contribution in [3.05, 3.63) is 0 Å². The highest BCUT2D eigenvalue weighted by Gasteiger charge is 2.40. The smallest absolute Gasteiger partial charge is 0.242 e. The third-order valence-electron chi connectivity index (χ3n) is 5.38. The highest BCUT2D eigenvalue weighted by atomic mass is 32.2. The van der Waals surface area contributed by atoms with Gasteiger partial charge in [-0.25, -0.2) is 0 Å². The van der Waals surface area contributed by atoms with Crippen molar-refractivity contribution >= 4 is 35.1 Å². The highest BCUT2D eigenvalue weighted by Crippen LogP contribution is 2.32. The molecule has 25 heavy (non-hydrogen) atoms. The molecule has 0 spiro atoms. The van der Waals surface area contributed by atoms with Crippen molar-refractivity contribution in [3.8, 4) is 0 Å². The molecule has 1 atom stereocenters. The van der Waals surface area contributed by atoms with Gasteiger partial charge in [0.25, 0.3) is 0 Å². The fraction of sp³-hybridized carbons (Fsp3) is 0.789. The van der Waals surface area contributed by atoms with Crippen LogP contribution in [0.15, 0.2) is 0 Å². The number of amides is 2. The van der Waals surface area contributed by atoms with E-state index in [4.69, 9.17) is 0 Å². The minimum absolute atomic E-state index is 0.0168. The Bertz CT molecular complexity index is 538. The van der Waals surface area contributed by atoms with Crippen LogP contribution in [0, 0.1) is 17.8 Å². The summed E-state index contributed by atoms with van der Waals surface area (Å²) >= 11 is 1.43. The second kappa shape index (κ2) is 8.97. The number of nitrogens with zero attached hydrogens (tertiary/aromatic N) is 1. The lowest BCUT2D eigenvalue weighted by molar-refractivity contribution is -0.139. The van der Waals surface area contributed by atoms with E-state index in [0.29, 0.717) is 24.6 Å². The number of Topliss-reactive ketones (excluding diaryl/α,β-unsaturated/α-hetero) is 2. The Balaban J connectivity index is 1.79. The Hall–Kier alpha value is -1.17. The van der Waals surface area contributed by atoms with Gasteiger partial charge in [-0.1, -0.05) is 13.8 Å². The number of rotatable bonds is 8. The average Bonchev–Trinajstić information content (AvgIpc) is 2.82. The first-order chi connectivity index (χ1) is 11.8. The third-order valence-corrected chi connectivity index (χ3v) is 6.59. The Morgan fingerprint density at radius 3 is 2.36 bits per heavy atom. The summed E-state index contributed by atoms with van der Waals surface area (Å²) in [6, 6.07) is 0. The maximum atomic E-state index is 12.5. The molecule has 1 heterocycles. The number of carbonyl (C=O) groups excluding carboxylic acids is 4. The molecule has 0 aromatic rings. The molecule has 1 aliphatic heterocycles. The van der Waals surface area contributed by atoms with Gasteiger partial charge >= 0.3 is 0 Å². The predicted molar refractivity (Wildman–Crippen MR) is 98.2 cm³/mol. The number of imide groups is 1. The molecule has 140 valence electrons. The molecular formula is C19H29NO4S. The molecular weight excluding hydrogens is 338 g/mol.